The fourth-order valence-electron chi connectivity index (χ4n) is 2.04. The molecule has 0 saturated carbocycles. The topological polar surface area (TPSA) is 51.3 Å². The zero-order valence-corrected chi connectivity index (χ0v) is 8.31. The van der Waals surface area contributed by atoms with Gasteiger partial charge >= 0.3 is 0 Å². The molecular formula is C10H15N3O. The molecule has 0 fully saturated rings. The molecule has 0 spiro atoms. The Balaban J connectivity index is 2.16. The molecule has 0 radical (unpaired) electrons. The van der Waals surface area contributed by atoms with E-state index in [4.69, 9.17) is 5.73 Å². The van der Waals surface area contributed by atoms with Gasteiger partial charge < -0.3 is 10.3 Å². The van der Waals surface area contributed by atoms with Crippen molar-refractivity contribution in [1.29, 1.82) is 0 Å². The summed E-state index contributed by atoms with van der Waals surface area (Å²) >= 11 is 0. The molecule has 0 unspecified atom stereocenters. The number of primary amides is 1. The van der Waals surface area contributed by atoms with Crippen LogP contribution in [0.5, 0.6) is 0 Å². The molecule has 1 aliphatic rings. The number of amides is 1. The fourth-order valence-corrected chi connectivity index (χ4v) is 2.04. The average molecular weight is 193 g/mol. The van der Waals surface area contributed by atoms with E-state index in [1.54, 1.807) is 0 Å². The summed E-state index contributed by atoms with van der Waals surface area (Å²) in [6, 6.07) is 4.42. The van der Waals surface area contributed by atoms with Gasteiger partial charge in [0.25, 0.3) is 0 Å². The third kappa shape index (κ3) is 1.53. The number of carbonyl (C=O) groups excluding carboxylic acids is 1. The molecule has 1 aliphatic heterocycles. The summed E-state index contributed by atoms with van der Waals surface area (Å²) in [6.07, 6.45) is 2.08. The number of nitrogens with two attached hydrogens (primary N) is 1. The molecular weight excluding hydrogens is 178 g/mol. The van der Waals surface area contributed by atoms with E-state index in [-0.39, 0.29) is 11.9 Å². The van der Waals surface area contributed by atoms with Crippen molar-refractivity contribution in [3.05, 3.63) is 24.0 Å². The molecule has 14 heavy (non-hydrogen) atoms. The van der Waals surface area contributed by atoms with Gasteiger partial charge in [0.05, 0.1) is 6.54 Å². The molecule has 1 atom stereocenters. The lowest BCUT2D eigenvalue weighted by Crippen LogP contribution is -2.41. The highest BCUT2D eigenvalue weighted by molar-refractivity contribution is 5.76. The van der Waals surface area contributed by atoms with Gasteiger partial charge in [0, 0.05) is 31.0 Å². The predicted molar refractivity (Wildman–Crippen MR) is 53.6 cm³/mol. The zero-order chi connectivity index (χ0) is 10.1. The normalized spacial score (nSPS) is 21.9. The smallest absolute Gasteiger partial charge is 0.231 e. The molecule has 1 amide bonds. The van der Waals surface area contributed by atoms with Crippen LogP contribution in [0, 0.1) is 0 Å². The molecule has 0 saturated heterocycles. The first-order chi connectivity index (χ1) is 6.68. The van der Waals surface area contributed by atoms with Crippen molar-refractivity contribution < 1.29 is 4.79 Å². The lowest BCUT2D eigenvalue weighted by atomic mass is 10.1. The molecule has 76 valence electrons. The summed E-state index contributed by atoms with van der Waals surface area (Å²) in [5.41, 5.74) is 6.45. The summed E-state index contributed by atoms with van der Waals surface area (Å²) in [6.45, 7) is 4.30. The number of rotatable bonds is 2. The number of hydrogen-bond donors (Lipinski definition) is 1. The summed E-state index contributed by atoms with van der Waals surface area (Å²) in [7, 11) is 0. The van der Waals surface area contributed by atoms with Crippen molar-refractivity contribution in [2.45, 2.75) is 19.5 Å². The van der Waals surface area contributed by atoms with Gasteiger partial charge in [-0.05, 0) is 19.1 Å². The van der Waals surface area contributed by atoms with Crippen LogP contribution in [-0.4, -0.2) is 28.5 Å². The van der Waals surface area contributed by atoms with Crippen molar-refractivity contribution in [1.82, 2.24) is 9.47 Å². The van der Waals surface area contributed by atoms with Crippen molar-refractivity contribution >= 4 is 5.91 Å². The second-order valence-electron chi connectivity index (χ2n) is 3.74. The van der Waals surface area contributed by atoms with Crippen LogP contribution in [0.1, 0.15) is 18.7 Å². The summed E-state index contributed by atoms with van der Waals surface area (Å²) in [4.78, 5) is 12.9. The molecule has 0 aromatic carbocycles. The van der Waals surface area contributed by atoms with Crippen LogP contribution in [0.2, 0.25) is 0 Å². The van der Waals surface area contributed by atoms with Gasteiger partial charge in [-0.1, -0.05) is 0 Å². The van der Waals surface area contributed by atoms with Crippen LogP contribution < -0.4 is 5.73 Å². The summed E-state index contributed by atoms with van der Waals surface area (Å²) < 4.78 is 2.22. The molecule has 4 nitrogen and oxygen atoms in total. The molecule has 2 heterocycles. The van der Waals surface area contributed by atoms with E-state index in [1.165, 1.54) is 5.69 Å². The zero-order valence-electron chi connectivity index (χ0n) is 8.31. The second-order valence-corrected chi connectivity index (χ2v) is 3.74. The van der Waals surface area contributed by atoms with Crippen molar-refractivity contribution in [2.75, 3.05) is 13.1 Å². The van der Waals surface area contributed by atoms with Crippen molar-refractivity contribution in [2.24, 2.45) is 5.73 Å². The van der Waals surface area contributed by atoms with E-state index in [9.17, 15) is 4.79 Å². The minimum atomic E-state index is -0.253. The van der Waals surface area contributed by atoms with Crippen molar-refractivity contribution in [3.8, 4) is 0 Å². The second kappa shape index (κ2) is 3.46. The van der Waals surface area contributed by atoms with Gasteiger partial charge in [0.1, 0.15) is 0 Å². The highest BCUT2D eigenvalue weighted by Gasteiger charge is 2.23. The summed E-state index contributed by atoms with van der Waals surface area (Å²) in [5, 5.41) is 0. The van der Waals surface area contributed by atoms with E-state index in [0.29, 0.717) is 6.54 Å². The standard InChI is InChI=1S/C10H15N3O/c1-8-9-3-2-4-12(9)5-6-13(8)7-10(11)14/h2-4,8H,5-7H2,1H3,(H2,11,14)/t8-/m0/s1. The first-order valence-corrected chi connectivity index (χ1v) is 4.86. The molecule has 2 N–H and O–H groups in total. The lowest BCUT2D eigenvalue weighted by molar-refractivity contribution is -0.119. The van der Waals surface area contributed by atoms with E-state index in [2.05, 4.69) is 28.7 Å². The van der Waals surface area contributed by atoms with Gasteiger partial charge in [0.2, 0.25) is 5.91 Å². The van der Waals surface area contributed by atoms with Crippen molar-refractivity contribution in [3.63, 3.8) is 0 Å². The Morgan fingerprint density at radius 2 is 2.43 bits per heavy atom. The van der Waals surface area contributed by atoms with Gasteiger partial charge in [-0.3, -0.25) is 9.69 Å². The molecule has 0 aliphatic carbocycles. The number of nitrogens with zero attached hydrogens (tertiary/aromatic N) is 2. The fraction of sp³-hybridized carbons (Fsp3) is 0.500. The quantitative estimate of drug-likeness (QED) is 0.736. The predicted octanol–water partition coefficient (Wildman–Crippen LogP) is 0.350. The molecule has 0 bridgehead atoms. The van der Waals surface area contributed by atoms with Crippen LogP contribution in [0.15, 0.2) is 18.3 Å². The van der Waals surface area contributed by atoms with E-state index in [1.807, 2.05) is 6.07 Å². The molecule has 1 aromatic heterocycles. The Bertz CT molecular complexity index is 345. The minimum Gasteiger partial charge on any atom is -0.369 e. The number of aromatic nitrogens is 1. The SMILES string of the molecule is C[C@H]1c2cccn2CCN1CC(N)=O. The van der Waals surface area contributed by atoms with Gasteiger partial charge in [-0.15, -0.1) is 0 Å². The maximum absolute atomic E-state index is 10.8. The molecule has 2 rings (SSSR count). The Kier molecular flexibility index (Phi) is 2.29. The number of carbonyl (C=O) groups is 1. The number of hydrogen-bond acceptors (Lipinski definition) is 2. The Morgan fingerprint density at radius 3 is 3.14 bits per heavy atom. The monoisotopic (exact) mass is 193 g/mol. The molecule has 1 aromatic rings. The summed E-state index contributed by atoms with van der Waals surface area (Å²) in [5.74, 6) is -0.253. The van der Waals surface area contributed by atoms with Crippen LogP contribution in [0.4, 0.5) is 0 Å². The largest absolute Gasteiger partial charge is 0.369 e. The van der Waals surface area contributed by atoms with Gasteiger partial charge in [-0.25, -0.2) is 0 Å². The first kappa shape index (κ1) is 9.27. The highest BCUT2D eigenvalue weighted by Crippen LogP contribution is 2.24. The minimum absolute atomic E-state index is 0.253. The van der Waals surface area contributed by atoms with Crippen LogP contribution in [0.25, 0.3) is 0 Å². The molecule has 4 heteroatoms. The Morgan fingerprint density at radius 1 is 1.64 bits per heavy atom. The maximum Gasteiger partial charge on any atom is 0.231 e. The first-order valence-electron chi connectivity index (χ1n) is 4.86. The van der Waals surface area contributed by atoms with Crippen LogP contribution >= 0.6 is 0 Å². The average Bonchev–Trinajstić information content (AvgIpc) is 2.57. The van der Waals surface area contributed by atoms with Gasteiger partial charge in [0.15, 0.2) is 0 Å². The van der Waals surface area contributed by atoms with Gasteiger partial charge in [-0.2, -0.15) is 0 Å². The Hall–Kier alpha value is -1.29. The van der Waals surface area contributed by atoms with E-state index in [0.717, 1.165) is 13.1 Å². The number of fused-ring (bicyclic) bond motifs is 1. The van der Waals surface area contributed by atoms with Crippen LogP contribution in [-0.2, 0) is 11.3 Å². The Labute approximate surface area is 83.3 Å². The van der Waals surface area contributed by atoms with E-state index < -0.39 is 0 Å². The third-order valence-corrected chi connectivity index (χ3v) is 2.83. The van der Waals surface area contributed by atoms with Crippen LogP contribution in [0.3, 0.4) is 0 Å². The van der Waals surface area contributed by atoms with E-state index >= 15 is 0 Å². The third-order valence-electron chi connectivity index (χ3n) is 2.83. The lowest BCUT2D eigenvalue weighted by Gasteiger charge is -2.33. The highest BCUT2D eigenvalue weighted by atomic mass is 16.1. The maximum atomic E-state index is 10.8.